The summed E-state index contributed by atoms with van der Waals surface area (Å²) < 4.78 is 1.37. The van der Waals surface area contributed by atoms with Crippen LogP contribution < -0.4 is 11.3 Å². The lowest BCUT2D eigenvalue weighted by Gasteiger charge is -2.02. The van der Waals surface area contributed by atoms with E-state index in [4.69, 9.17) is 10.8 Å². The first-order chi connectivity index (χ1) is 6.15. The van der Waals surface area contributed by atoms with Crippen molar-refractivity contribution in [1.29, 1.82) is 0 Å². The Hall–Kier alpha value is -1.62. The lowest BCUT2D eigenvalue weighted by atomic mass is 10.3. The van der Waals surface area contributed by atoms with Gasteiger partial charge in [-0.1, -0.05) is 0 Å². The van der Waals surface area contributed by atoms with Gasteiger partial charge in [-0.05, 0) is 6.07 Å². The molecule has 0 amide bonds. The number of carboxylic acids is 1. The van der Waals surface area contributed by atoms with E-state index in [9.17, 15) is 9.59 Å². The van der Waals surface area contributed by atoms with Gasteiger partial charge in [0.15, 0.2) is 0 Å². The molecule has 0 aliphatic heterocycles. The maximum absolute atomic E-state index is 11.2. The first kappa shape index (κ1) is 9.47. The van der Waals surface area contributed by atoms with Crippen LogP contribution in [0.25, 0.3) is 0 Å². The third-order valence-electron chi connectivity index (χ3n) is 1.61. The van der Waals surface area contributed by atoms with E-state index in [1.54, 1.807) is 0 Å². The van der Waals surface area contributed by atoms with Gasteiger partial charge in [-0.15, -0.1) is 0 Å². The molecule has 0 spiro atoms. The highest BCUT2D eigenvalue weighted by Gasteiger charge is 2.03. The fraction of sp³-hybridized carbons (Fsp3) is 0.250. The normalized spacial score (nSPS) is 9.92. The summed E-state index contributed by atoms with van der Waals surface area (Å²) in [5.74, 6) is -1.10. The molecule has 3 N–H and O–H groups in total. The van der Waals surface area contributed by atoms with Crippen LogP contribution in [-0.2, 0) is 6.54 Å². The molecule has 0 aliphatic rings. The van der Waals surface area contributed by atoms with E-state index in [0.29, 0.717) is 13.1 Å². The summed E-state index contributed by atoms with van der Waals surface area (Å²) in [6, 6.07) is 2.46. The van der Waals surface area contributed by atoms with Crippen molar-refractivity contribution in [3.05, 3.63) is 34.2 Å². The molecule has 0 saturated carbocycles. The fourth-order valence-corrected chi connectivity index (χ4v) is 0.965. The smallest absolute Gasteiger partial charge is 0.335 e. The number of pyridine rings is 1. The zero-order valence-corrected chi connectivity index (χ0v) is 6.93. The summed E-state index contributed by atoms with van der Waals surface area (Å²) in [5.41, 5.74) is 4.91. The Bertz CT molecular complexity index is 370. The summed E-state index contributed by atoms with van der Waals surface area (Å²) in [7, 11) is 0. The molecule has 70 valence electrons. The maximum atomic E-state index is 11.2. The van der Waals surface area contributed by atoms with Crippen molar-refractivity contribution < 1.29 is 9.90 Å². The number of hydrogen-bond donors (Lipinski definition) is 2. The van der Waals surface area contributed by atoms with Crippen LogP contribution in [0.4, 0.5) is 0 Å². The zero-order chi connectivity index (χ0) is 9.84. The Labute approximate surface area is 74.4 Å². The zero-order valence-electron chi connectivity index (χ0n) is 6.93. The molecule has 0 unspecified atom stereocenters. The van der Waals surface area contributed by atoms with Crippen LogP contribution in [0.15, 0.2) is 23.1 Å². The predicted molar refractivity (Wildman–Crippen MR) is 46.7 cm³/mol. The molecule has 0 saturated heterocycles. The largest absolute Gasteiger partial charge is 0.478 e. The number of aromatic carboxylic acids is 1. The van der Waals surface area contributed by atoms with E-state index in [0.717, 1.165) is 6.07 Å². The molecule has 1 aromatic rings. The van der Waals surface area contributed by atoms with Crippen molar-refractivity contribution in [2.45, 2.75) is 6.54 Å². The lowest BCUT2D eigenvalue weighted by Crippen LogP contribution is -2.23. The summed E-state index contributed by atoms with van der Waals surface area (Å²) in [4.78, 5) is 21.6. The van der Waals surface area contributed by atoms with E-state index in [-0.39, 0.29) is 11.1 Å². The highest BCUT2D eigenvalue weighted by Crippen LogP contribution is 1.93. The number of nitrogens with two attached hydrogens (primary N) is 1. The monoisotopic (exact) mass is 182 g/mol. The highest BCUT2D eigenvalue weighted by atomic mass is 16.4. The molecule has 5 heteroatoms. The number of carboxylic acid groups (broad SMARTS) is 1. The minimum absolute atomic E-state index is 0.00160. The molecule has 1 aromatic heterocycles. The third-order valence-corrected chi connectivity index (χ3v) is 1.61. The van der Waals surface area contributed by atoms with Gasteiger partial charge < -0.3 is 15.4 Å². The minimum atomic E-state index is -1.10. The Morgan fingerprint density at radius 3 is 2.77 bits per heavy atom. The van der Waals surface area contributed by atoms with E-state index in [1.807, 2.05) is 0 Å². The molecule has 0 aliphatic carbocycles. The summed E-state index contributed by atoms with van der Waals surface area (Å²) in [6.45, 7) is 0.755. The van der Waals surface area contributed by atoms with E-state index < -0.39 is 5.97 Å². The first-order valence-corrected chi connectivity index (χ1v) is 3.79. The van der Waals surface area contributed by atoms with Gasteiger partial charge in [0.25, 0.3) is 5.56 Å². The highest BCUT2D eigenvalue weighted by molar-refractivity contribution is 5.87. The van der Waals surface area contributed by atoms with Gasteiger partial charge in [-0.2, -0.15) is 0 Å². The Morgan fingerprint density at radius 1 is 1.62 bits per heavy atom. The number of nitrogens with zero attached hydrogens (tertiary/aromatic N) is 1. The molecule has 1 rings (SSSR count). The number of carbonyl (C=O) groups is 1. The average molecular weight is 182 g/mol. The molecule has 0 bridgehead atoms. The Morgan fingerprint density at radius 2 is 2.31 bits per heavy atom. The second-order valence-electron chi connectivity index (χ2n) is 2.54. The van der Waals surface area contributed by atoms with E-state index in [2.05, 4.69) is 0 Å². The molecule has 5 nitrogen and oxygen atoms in total. The molecule has 0 fully saturated rings. The average Bonchev–Trinajstić information content (AvgIpc) is 2.08. The maximum Gasteiger partial charge on any atom is 0.335 e. The molecular weight excluding hydrogens is 172 g/mol. The topological polar surface area (TPSA) is 85.3 Å². The second kappa shape index (κ2) is 3.86. The molecule has 0 atom stereocenters. The summed E-state index contributed by atoms with van der Waals surface area (Å²) in [5, 5.41) is 8.56. The Balaban J connectivity index is 3.06. The Kier molecular flexibility index (Phi) is 2.81. The standard InChI is InChI=1S/C8H10N2O3/c9-2-4-10-3-1-6(8(12)13)5-7(10)11/h1,3,5H,2,4,9H2,(H,12,13). The van der Waals surface area contributed by atoms with E-state index in [1.165, 1.54) is 16.8 Å². The van der Waals surface area contributed by atoms with Gasteiger partial charge in [0, 0.05) is 25.4 Å². The quantitative estimate of drug-likeness (QED) is 0.660. The van der Waals surface area contributed by atoms with Gasteiger partial charge in [0.2, 0.25) is 0 Å². The van der Waals surface area contributed by atoms with Crippen LogP contribution in [0.5, 0.6) is 0 Å². The molecule has 1 heterocycles. The summed E-state index contributed by atoms with van der Waals surface area (Å²) in [6.07, 6.45) is 1.43. The van der Waals surface area contributed by atoms with Gasteiger partial charge in [0.1, 0.15) is 0 Å². The van der Waals surface area contributed by atoms with Crippen LogP contribution in [0, 0.1) is 0 Å². The predicted octanol–water partition coefficient (Wildman–Crippen LogP) is -0.495. The van der Waals surface area contributed by atoms with Crippen LogP contribution in [0.2, 0.25) is 0 Å². The molecule has 0 radical (unpaired) electrons. The van der Waals surface area contributed by atoms with Crippen LogP contribution >= 0.6 is 0 Å². The van der Waals surface area contributed by atoms with Crippen molar-refractivity contribution in [3.63, 3.8) is 0 Å². The molecule has 13 heavy (non-hydrogen) atoms. The molecule has 0 aromatic carbocycles. The third kappa shape index (κ3) is 2.16. The SMILES string of the molecule is NCCn1ccc(C(=O)O)cc1=O. The fourth-order valence-electron chi connectivity index (χ4n) is 0.965. The first-order valence-electron chi connectivity index (χ1n) is 3.79. The van der Waals surface area contributed by atoms with Gasteiger partial charge in [-0.3, -0.25) is 4.79 Å². The minimum Gasteiger partial charge on any atom is -0.478 e. The number of aromatic nitrogens is 1. The van der Waals surface area contributed by atoms with Gasteiger partial charge in [0.05, 0.1) is 5.56 Å². The number of rotatable bonds is 3. The van der Waals surface area contributed by atoms with Crippen molar-refractivity contribution in [3.8, 4) is 0 Å². The number of hydrogen-bond acceptors (Lipinski definition) is 3. The van der Waals surface area contributed by atoms with Crippen LogP contribution in [0.1, 0.15) is 10.4 Å². The lowest BCUT2D eigenvalue weighted by molar-refractivity contribution is 0.0696. The van der Waals surface area contributed by atoms with Gasteiger partial charge >= 0.3 is 5.97 Å². The van der Waals surface area contributed by atoms with Crippen molar-refractivity contribution in [1.82, 2.24) is 4.57 Å². The van der Waals surface area contributed by atoms with Crippen LogP contribution in [-0.4, -0.2) is 22.2 Å². The van der Waals surface area contributed by atoms with Crippen LogP contribution in [0.3, 0.4) is 0 Å². The van der Waals surface area contributed by atoms with Crippen molar-refractivity contribution >= 4 is 5.97 Å². The second-order valence-corrected chi connectivity index (χ2v) is 2.54. The van der Waals surface area contributed by atoms with E-state index >= 15 is 0 Å². The van der Waals surface area contributed by atoms with Crippen molar-refractivity contribution in [2.24, 2.45) is 5.73 Å². The summed E-state index contributed by atoms with van der Waals surface area (Å²) >= 11 is 0. The van der Waals surface area contributed by atoms with Gasteiger partial charge in [-0.25, -0.2) is 4.79 Å². The van der Waals surface area contributed by atoms with Crippen molar-refractivity contribution in [2.75, 3.05) is 6.54 Å². The molecular formula is C8H10N2O3.